The van der Waals surface area contributed by atoms with E-state index in [0.29, 0.717) is 13.2 Å². The summed E-state index contributed by atoms with van der Waals surface area (Å²) in [5, 5.41) is 11.6. The molecule has 1 N–H and O–H groups in total. The van der Waals surface area contributed by atoms with E-state index < -0.39 is 0 Å². The summed E-state index contributed by atoms with van der Waals surface area (Å²) >= 11 is 1.70. The number of hydrogen-bond acceptors (Lipinski definition) is 4. The largest absolute Gasteiger partial charge is 0.396 e. The molecule has 2 heterocycles. The number of thiophene rings is 1. The Hall–Kier alpha value is -2.05. The van der Waals surface area contributed by atoms with E-state index in [1.807, 2.05) is 6.07 Å². The van der Waals surface area contributed by atoms with Gasteiger partial charge in [-0.25, -0.2) is 4.39 Å². The monoisotopic (exact) mass is 411 g/mol. The molecular formula is C24H26FNO2S. The minimum Gasteiger partial charge on any atom is -0.396 e. The Morgan fingerprint density at radius 1 is 1.10 bits per heavy atom. The first-order valence-electron chi connectivity index (χ1n) is 10.00. The fraction of sp³-hybridized carbons (Fsp3) is 0.333. The fourth-order valence-corrected chi connectivity index (χ4v) is 4.95. The molecule has 3 nitrogen and oxygen atoms in total. The lowest BCUT2D eigenvalue weighted by molar-refractivity contribution is -0.159. The molecule has 152 valence electrons. The summed E-state index contributed by atoms with van der Waals surface area (Å²) in [6.45, 7) is 3.77. The normalized spacial score (nSPS) is 21.2. The Morgan fingerprint density at radius 2 is 1.79 bits per heavy atom. The zero-order valence-corrected chi connectivity index (χ0v) is 17.4. The second-order valence-electron chi connectivity index (χ2n) is 7.59. The average Bonchev–Trinajstić information content (AvgIpc) is 3.30. The summed E-state index contributed by atoms with van der Waals surface area (Å²) in [7, 11) is 0. The Kier molecular flexibility index (Phi) is 6.11. The number of aliphatic hydroxyl groups is 1. The molecule has 5 heteroatoms. The summed E-state index contributed by atoms with van der Waals surface area (Å²) in [5.74, 6) is -0.219. The van der Waals surface area contributed by atoms with Gasteiger partial charge in [-0.15, -0.1) is 11.3 Å². The van der Waals surface area contributed by atoms with E-state index in [0.717, 1.165) is 24.1 Å². The Morgan fingerprint density at radius 3 is 2.34 bits per heavy atom. The number of halogens is 1. The van der Waals surface area contributed by atoms with Crippen LogP contribution in [-0.4, -0.2) is 29.9 Å². The van der Waals surface area contributed by atoms with Crippen LogP contribution in [0.1, 0.15) is 36.2 Å². The quantitative estimate of drug-likeness (QED) is 0.575. The molecule has 0 radical (unpaired) electrons. The van der Waals surface area contributed by atoms with E-state index in [1.54, 1.807) is 23.5 Å². The molecular weight excluding hydrogens is 385 g/mol. The summed E-state index contributed by atoms with van der Waals surface area (Å²) in [6.07, 6.45) is 1.49. The van der Waals surface area contributed by atoms with Gasteiger partial charge < -0.3 is 9.84 Å². The SMILES string of the molecule is CC(c1ccc(-c2ccc(F)cc2)cc1)N1CCC(CCO)(c2cccs2)OC1. The minimum atomic E-state index is -0.369. The van der Waals surface area contributed by atoms with Crippen molar-refractivity contribution < 1.29 is 14.2 Å². The molecule has 4 rings (SSSR count). The molecule has 2 atom stereocenters. The van der Waals surface area contributed by atoms with E-state index in [1.165, 1.54) is 22.6 Å². The van der Waals surface area contributed by atoms with Gasteiger partial charge in [0.1, 0.15) is 18.1 Å². The lowest BCUT2D eigenvalue weighted by Gasteiger charge is -2.43. The third kappa shape index (κ3) is 4.28. The highest BCUT2D eigenvalue weighted by molar-refractivity contribution is 7.10. The topological polar surface area (TPSA) is 32.7 Å². The van der Waals surface area contributed by atoms with Gasteiger partial charge in [0.05, 0.1) is 0 Å². The van der Waals surface area contributed by atoms with Crippen molar-refractivity contribution in [1.29, 1.82) is 0 Å². The smallest absolute Gasteiger partial charge is 0.123 e. The molecule has 0 bridgehead atoms. The highest BCUT2D eigenvalue weighted by atomic mass is 32.1. The van der Waals surface area contributed by atoms with Gasteiger partial charge in [-0.05, 0) is 53.6 Å². The molecule has 29 heavy (non-hydrogen) atoms. The number of ether oxygens (including phenoxy) is 1. The molecule has 2 unspecified atom stereocenters. The first-order valence-corrected chi connectivity index (χ1v) is 10.9. The molecule has 2 aromatic carbocycles. The summed E-state index contributed by atoms with van der Waals surface area (Å²) in [6, 6.07) is 19.4. The third-order valence-corrected chi connectivity index (χ3v) is 6.97. The van der Waals surface area contributed by atoms with Crippen molar-refractivity contribution in [3.8, 4) is 11.1 Å². The van der Waals surface area contributed by atoms with Gasteiger partial charge in [0.2, 0.25) is 0 Å². The molecule has 0 saturated carbocycles. The van der Waals surface area contributed by atoms with Crippen LogP contribution in [0.3, 0.4) is 0 Å². The van der Waals surface area contributed by atoms with Crippen molar-refractivity contribution >= 4 is 11.3 Å². The highest BCUT2D eigenvalue weighted by Crippen LogP contribution is 2.40. The first-order chi connectivity index (χ1) is 14.1. The van der Waals surface area contributed by atoms with Gasteiger partial charge in [0.25, 0.3) is 0 Å². The van der Waals surface area contributed by atoms with Crippen LogP contribution in [-0.2, 0) is 10.3 Å². The highest BCUT2D eigenvalue weighted by Gasteiger charge is 2.39. The van der Waals surface area contributed by atoms with Gasteiger partial charge in [0.15, 0.2) is 0 Å². The van der Waals surface area contributed by atoms with Crippen molar-refractivity contribution in [1.82, 2.24) is 4.90 Å². The molecule has 1 aliphatic heterocycles. The Labute approximate surface area is 175 Å². The van der Waals surface area contributed by atoms with Gasteiger partial charge in [-0.1, -0.05) is 42.5 Å². The van der Waals surface area contributed by atoms with Crippen LogP contribution in [0, 0.1) is 5.82 Å². The van der Waals surface area contributed by atoms with Gasteiger partial charge in [-0.2, -0.15) is 0 Å². The molecule has 1 aromatic heterocycles. The molecule has 1 fully saturated rings. The molecule has 1 saturated heterocycles. The maximum absolute atomic E-state index is 13.1. The van der Waals surface area contributed by atoms with Crippen LogP contribution in [0.2, 0.25) is 0 Å². The van der Waals surface area contributed by atoms with Gasteiger partial charge >= 0.3 is 0 Å². The number of benzene rings is 2. The predicted octanol–water partition coefficient (Wildman–Crippen LogP) is 5.57. The zero-order valence-electron chi connectivity index (χ0n) is 16.6. The van der Waals surface area contributed by atoms with Crippen LogP contribution < -0.4 is 0 Å². The first kappa shape index (κ1) is 20.2. The van der Waals surface area contributed by atoms with Crippen molar-refractivity contribution in [3.63, 3.8) is 0 Å². The number of rotatable bonds is 6. The molecule has 0 amide bonds. The summed E-state index contributed by atoms with van der Waals surface area (Å²) in [5.41, 5.74) is 2.95. The van der Waals surface area contributed by atoms with Crippen LogP contribution in [0.5, 0.6) is 0 Å². The van der Waals surface area contributed by atoms with Crippen LogP contribution in [0.4, 0.5) is 4.39 Å². The lowest BCUT2D eigenvalue weighted by atomic mass is 9.91. The van der Waals surface area contributed by atoms with E-state index in [9.17, 15) is 9.50 Å². The number of nitrogens with zero attached hydrogens (tertiary/aromatic N) is 1. The van der Waals surface area contributed by atoms with Gasteiger partial charge in [0, 0.05) is 30.5 Å². The van der Waals surface area contributed by atoms with Crippen molar-refractivity contribution in [2.75, 3.05) is 19.9 Å². The zero-order chi connectivity index (χ0) is 20.3. The van der Waals surface area contributed by atoms with Crippen LogP contribution in [0.25, 0.3) is 11.1 Å². The number of hydrogen-bond donors (Lipinski definition) is 1. The minimum absolute atomic E-state index is 0.123. The average molecular weight is 412 g/mol. The summed E-state index contributed by atoms with van der Waals surface area (Å²) < 4.78 is 19.5. The third-order valence-electron chi connectivity index (χ3n) is 5.91. The molecule has 3 aromatic rings. The van der Waals surface area contributed by atoms with Crippen LogP contribution >= 0.6 is 11.3 Å². The maximum Gasteiger partial charge on any atom is 0.123 e. The molecule has 0 spiro atoms. The van der Waals surface area contributed by atoms with Crippen LogP contribution in [0.15, 0.2) is 66.0 Å². The van der Waals surface area contributed by atoms with Gasteiger partial charge in [-0.3, -0.25) is 4.90 Å². The maximum atomic E-state index is 13.1. The van der Waals surface area contributed by atoms with Crippen molar-refractivity contribution in [2.24, 2.45) is 0 Å². The van der Waals surface area contributed by atoms with Crippen molar-refractivity contribution in [2.45, 2.75) is 31.4 Å². The lowest BCUT2D eigenvalue weighted by Crippen LogP contribution is -2.45. The Balaban J connectivity index is 1.44. The van der Waals surface area contributed by atoms with Crippen molar-refractivity contribution in [3.05, 3.63) is 82.3 Å². The second-order valence-corrected chi connectivity index (χ2v) is 8.53. The Bertz CT molecular complexity index is 901. The molecule has 0 aliphatic carbocycles. The standard InChI is InChI=1S/C24H26FNO2S/c1-18(19-4-6-20(7-5-19)21-8-10-22(25)11-9-21)26-14-12-24(13-15-27,28-17-26)23-3-2-16-29-23/h2-11,16,18,27H,12-15,17H2,1H3. The predicted molar refractivity (Wildman–Crippen MR) is 115 cm³/mol. The van der Waals surface area contributed by atoms with E-state index in [-0.39, 0.29) is 24.1 Å². The van der Waals surface area contributed by atoms with E-state index in [2.05, 4.69) is 47.5 Å². The number of aliphatic hydroxyl groups excluding tert-OH is 1. The van der Waals surface area contributed by atoms with E-state index in [4.69, 9.17) is 4.74 Å². The molecule has 1 aliphatic rings. The summed E-state index contributed by atoms with van der Waals surface area (Å²) in [4.78, 5) is 3.53. The second kappa shape index (κ2) is 8.76. The van der Waals surface area contributed by atoms with E-state index >= 15 is 0 Å². The fourth-order valence-electron chi connectivity index (χ4n) is 4.01.